The van der Waals surface area contributed by atoms with Crippen LogP contribution in [-0.4, -0.2) is 53.1 Å². The predicted molar refractivity (Wildman–Crippen MR) is 125 cm³/mol. The molecule has 0 radical (unpaired) electrons. The smallest absolute Gasteiger partial charge is 0.328 e. The van der Waals surface area contributed by atoms with Gasteiger partial charge in [0.15, 0.2) is 0 Å². The van der Waals surface area contributed by atoms with E-state index in [0.29, 0.717) is 36.4 Å². The number of carbonyl (C=O) groups excluding carboxylic acids is 2. The summed E-state index contributed by atoms with van der Waals surface area (Å²) in [6.45, 7) is 2.78. The number of H-pyrrole nitrogens is 1. The van der Waals surface area contributed by atoms with Crippen LogP contribution in [0, 0.1) is 0 Å². The normalized spacial score (nSPS) is 15.6. The van der Waals surface area contributed by atoms with E-state index in [1.807, 2.05) is 6.07 Å². The number of nitrogens with zero attached hydrogens (tertiary/aromatic N) is 2. The molecule has 0 bridgehead atoms. The van der Waals surface area contributed by atoms with Crippen molar-refractivity contribution in [3.8, 4) is 11.5 Å². The molecule has 34 heavy (non-hydrogen) atoms. The Morgan fingerprint density at radius 3 is 2.62 bits per heavy atom. The minimum Gasteiger partial charge on any atom is -0.497 e. The van der Waals surface area contributed by atoms with E-state index in [1.165, 1.54) is 18.2 Å². The van der Waals surface area contributed by atoms with Gasteiger partial charge in [0.2, 0.25) is 5.91 Å². The summed E-state index contributed by atoms with van der Waals surface area (Å²) in [5, 5.41) is 3.08. The average molecular weight is 466 g/mol. The molecule has 1 aliphatic rings. The molecule has 2 aromatic carbocycles. The Bertz CT molecular complexity index is 1380. The first-order chi connectivity index (χ1) is 16.4. The molecule has 1 saturated heterocycles. The van der Waals surface area contributed by atoms with Crippen LogP contribution in [0.1, 0.15) is 29.3 Å². The number of methoxy groups -OCH3 is 2. The van der Waals surface area contributed by atoms with Crippen molar-refractivity contribution in [3.63, 3.8) is 0 Å². The summed E-state index contributed by atoms with van der Waals surface area (Å²) >= 11 is 0. The molecule has 1 fully saturated rings. The highest BCUT2D eigenvalue weighted by atomic mass is 16.5. The maximum absolute atomic E-state index is 12.9. The van der Waals surface area contributed by atoms with E-state index in [9.17, 15) is 19.2 Å². The molecule has 1 aromatic heterocycles. The van der Waals surface area contributed by atoms with Crippen molar-refractivity contribution in [2.24, 2.45) is 0 Å². The van der Waals surface area contributed by atoms with E-state index in [2.05, 4.69) is 10.3 Å². The topological polar surface area (TPSA) is 123 Å². The third-order valence-electron chi connectivity index (χ3n) is 6.02. The molecule has 4 rings (SSSR count). The van der Waals surface area contributed by atoms with Gasteiger partial charge in [0.25, 0.3) is 11.5 Å². The largest absolute Gasteiger partial charge is 0.497 e. The Hall–Kier alpha value is -4.08. The highest BCUT2D eigenvalue weighted by Crippen LogP contribution is 2.27. The average Bonchev–Trinajstić information content (AvgIpc) is 3.17. The third kappa shape index (κ3) is 4.26. The number of nitrogens with one attached hydrogen (secondary N) is 2. The molecule has 0 spiro atoms. The second-order valence-electron chi connectivity index (χ2n) is 7.99. The van der Waals surface area contributed by atoms with Crippen molar-refractivity contribution in [2.45, 2.75) is 32.5 Å². The van der Waals surface area contributed by atoms with Crippen molar-refractivity contribution in [1.29, 1.82) is 0 Å². The molecule has 1 atom stereocenters. The zero-order chi connectivity index (χ0) is 24.4. The van der Waals surface area contributed by atoms with Crippen LogP contribution < -0.4 is 26.0 Å². The molecular weight excluding hydrogens is 440 g/mol. The van der Waals surface area contributed by atoms with E-state index in [-0.39, 0.29) is 23.5 Å². The number of aromatic nitrogens is 2. The van der Waals surface area contributed by atoms with Gasteiger partial charge in [0, 0.05) is 36.8 Å². The van der Waals surface area contributed by atoms with Crippen LogP contribution in [0.3, 0.4) is 0 Å². The summed E-state index contributed by atoms with van der Waals surface area (Å²) in [4.78, 5) is 54.6. The van der Waals surface area contributed by atoms with Crippen molar-refractivity contribution >= 4 is 22.7 Å². The van der Waals surface area contributed by atoms with E-state index < -0.39 is 23.2 Å². The van der Waals surface area contributed by atoms with Crippen molar-refractivity contribution < 1.29 is 19.1 Å². The van der Waals surface area contributed by atoms with E-state index in [0.717, 1.165) is 10.1 Å². The first-order valence-corrected chi connectivity index (χ1v) is 10.9. The molecule has 178 valence electrons. The van der Waals surface area contributed by atoms with Gasteiger partial charge < -0.3 is 24.7 Å². The Balaban J connectivity index is 1.48. The monoisotopic (exact) mass is 466 g/mol. The molecule has 3 aromatic rings. The van der Waals surface area contributed by atoms with Crippen LogP contribution in [-0.2, 0) is 17.9 Å². The number of hydrogen-bond acceptors (Lipinski definition) is 6. The molecule has 0 saturated carbocycles. The Morgan fingerprint density at radius 2 is 1.91 bits per heavy atom. The van der Waals surface area contributed by atoms with Gasteiger partial charge in [-0.2, -0.15) is 0 Å². The first kappa shape index (κ1) is 23.1. The SMILES string of the molecule is CCn1c(=O)[nH]c2cc(C(=O)NC3CCN(Cc4ccc(OC)cc4OC)C3=O)ccc2c1=O. The second-order valence-corrected chi connectivity index (χ2v) is 7.99. The van der Waals surface area contributed by atoms with Crippen molar-refractivity contribution in [3.05, 3.63) is 68.4 Å². The third-order valence-corrected chi connectivity index (χ3v) is 6.02. The van der Waals surface area contributed by atoms with Crippen LogP contribution in [0.15, 0.2) is 46.0 Å². The summed E-state index contributed by atoms with van der Waals surface area (Å²) in [6.07, 6.45) is 0.467. The summed E-state index contributed by atoms with van der Waals surface area (Å²) in [5.41, 5.74) is 0.412. The van der Waals surface area contributed by atoms with E-state index in [4.69, 9.17) is 9.47 Å². The lowest BCUT2D eigenvalue weighted by molar-refractivity contribution is -0.129. The van der Waals surface area contributed by atoms with Crippen LogP contribution in [0.25, 0.3) is 10.9 Å². The lowest BCUT2D eigenvalue weighted by atomic mass is 10.1. The zero-order valence-electron chi connectivity index (χ0n) is 19.2. The van der Waals surface area contributed by atoms with Crippen LogP contribution >= 0.6 is 0 Å². The number of rotatable bonds is 7. The van der Waals surface area contributed by atoms with Crippen molar-refractivity contribution in [2.75, 3.05) is 20.8 Å². The number of benzene rings is 2. The zero-order valence-corrected chi connectivity index (χ0v) is 19.2. The fourth-order valence-corrected chi connectivity index (χ4v) is 4.14. The molecule has 0 aliphatic carbocycles. The van der Waals surface area contributed by atoms with Gasteiger partial charge in [0.05, 0.1) is 25.1 Å². The fraction of sp³-hybridized carbons (Fsp3) is 0.333. The van der Waals surface area contributed by atoms with Gasteiger partial charge in [-0.25, -0.2) is 4.79 Å². The molecule has 1 aliphatic heterocycles. The Labute approximate surface area is 195 Å². The fourth-order valence-electron chi connectivity index (χ4n) is 4.14. The molecular formula is C24H26N4O6. The number of aromatic amines is 1. The highest BCUT2D eigenvalue weighted by molar-refractivity contribution is 6.00. The number of hydrogen-bond donors (Lipinski definition) is 2. The number of fused-ring (bicyclic) bond motifs is 1. The minimum atomic E-state index is -0.667. The molecule has 2 N–H and O–H groups in total. The predicted octanol–water partition coefficient (Wildman–Crippen LogP) is 1.26. The maximum atomic E-state index is 12.9. The number of amides is 2. The lowest BCUT2D eigenvalue weighted by Crippen LogP contribution is -2.41. The molecule has 1 unspecified atom stereocenters. The summed E-state index contributed by atoms with van der Waals surface area (Å²) in [7, 11) is 3.13. The van der Waals surface area contributed by atoms with Crippen LogP contribution in [0.5, 0.6) is 11.5 Å². The molecule has 10 heteroatoms. The van der Waals surface area contributed by atoms with Gasteiger partial charge in [0.1, 0.15) is 17.5 Å². The number of likely N-dealkylation sites (tertiary alicyclic amines) is 1. The van der Waals surface area contributed by atoms with Gasteiger partial charge in [-0.1, -0.05) is 0 Å². The lowest BCUT2D eigenvalue weighted by Gasteiger charge is -2.19. The maximum Gasteiger partial charge on any atom is 0.328 e. The highest BCUT2D eigenvalue weighted by Gasteiger charge is 2.33. The molecule has 2 heterocycles. The van der Waals surface area contributed by atoms with Gasteiger partial charge in [-0.3, -0.25) is 19.0 Å². The quantitative estimate of drug-likeness (QED) is 0.541. The Kier molecular flexibility index (Phi) is 6.40. The Morgan fingerprint density at radius 1 is 1.12 bits per heavy atom. The first-order valence-electron chi connectivity index (χ1n) is 10.9. The van der Waals surface area contributed by atoms with Gasteiger partial charge in [-0.05, 0) is 43.7 Å². The number of ether oxygens (including phenoxy) is 2. The van der Waals surface area contributed by atoms with Crippen LogP contribution in [0.4, 0.5) is 0 Å². The van der Waals surface area contributed by atoms with Crippen LogP contribution in [0.2, 0.25) is 0 Å². The standard InChI is InChI=1S/C24H26N4O6/c1-4-28-22(30)17-8-6-14(11-19(17)26-24(28)32)21(29)25-18-9-10-27(23(18)31)13-15-5-7-16(33-2)12-20(15)34-3/h5-8,11-12,18H,4,9-10,13H2,1-3H3,(H,25,29)(H,26,32). The summed E-state index contributed by atoms with van der Waals surface area (Å²) in [6, 6.07) is 9.21. The van der Waals surface area contributed by atoms with E-state index in [1.54, 1.807) is 38.2 Å². The second kappa shape index (κ2) is 9.42. The van der Waals surface area contributed by atoms with Crippen molar-refractivity contribution in [1.82, 2.24) is 19.8 Å². The summed E-state index contributed by atoms with van der Waals surface area (Å²) < 4.78 is 11.7. The van der Waals surface area contributed by atoms with Gasteiger partial charge >= 0.3 is 5.69 Å². The van der Waals surface area contributed by atoms with E-state index >= 15 is 0 Å². The summed E-state index contributed by atoms with van der Waals surface area (Å²) in [5.74, 6) is 0.631. The van der Waals surface area contributed by atoms with Gasteiger partial charge in [-0.15, -0.1) is 0 Å². The molecule has 10 nitrogen and oxygen atoms in total. The number of carbonyl (C=O) groups is 2. The minimum absolute atomic E-state index is 0.189. The molecule has 2 amide bonds.